The lowest BCUT2D eigenvalue weighted by molar-refractivity contribution is -0.211. The Hall–Kier alpha value is -4.58. The third-order valence-electron chi connectivity index (χ3n) is 6.65. The van der Waals surface area contributed by atoms with Crippen LogP contribution in [-0.2, 0) is 35.1 Å². The van der Waals surface area contributed by atoms with E-state index in [1.165, 1.54) is 19.2 Å². The second kappa shape index (κ2) is 12.5. The Morgan fingerprint density at radius 2 is 1.31 bits per heavy atom. The van der Waals surface area contributed by atoms with Crippen molar-refractivity contribution in [2.24, 2.45) is 0 Å². The number of carboxylic acid groups (broad SMARTS) is 2. The molecular weight excluding hydrogens is 558 g/mol. The summed E-state index contributed by atoms with van der Waals surface area (Å²) in [5, 5.41) is 27.5. The number of esters is 1. The van der Waals surface area contributed by atoms with E-state index in [0.29, 0.717) is 5.13 Å². The average molecular weight is 590 g/mol. The van der Waals surface area contributed by atoms with Crippen LogP contribution in [0.5, 0.6) is 0 Å². The summed E-state index contributed by atoms with van der Waals surface area (Å²) in [5.74, 6) is -3.77. The first-order valence-electron chi connectivity index (χ1n) is 12.9. The van der Waals surface area contributed by atoms with Gasteiger partial charge in [0.25, 0.3) is 5.72 Å². The van der Waals surface area contributed by atoms with Gasteiger partial charge in [-0.25, -0.2) is 14.6 Å². The molecule has 3 aromatic carbocycles. The van der Waals surface area contributed by atoms with Gasteiger partial charge < -0.3 is 25.0 Å². The molecule has 11 heteroatoms. The van der Waals surface area contributed by atoms with E-state index >= 15 is 0 Å². The monoisotopic (exact) mass is 589 g/mol. The number of rotatable bonds is 13. The lowest BCUT2D eigenvalue weighted by Crippen LogP contribution is -2.58. The highest BCUT2D eigenvalue weighted by molar-refractivity contribution is 7.13. The molecule has 0 radical (unpaired) electrons. The zero-order chi connectivity index (χ0) is 30.4. The first kappa shape index (κ1) is 30.4. The van der Waals surface area contributed by atoms with Crippen LogP contribution in [0.2, 0.25) is 0 Å². The van der Waals surface area contributed by atoms with Crippen LogP contribution in [-0.4, -0.2) is 52.4 Å². The molecule has 0 saturated heterocycles. The SMILES string of the molecule is COC(=O)C(C)(C)OC(NCC(=O)O)(C(=O)O)c1csc(NC(c2ccccc2)(c2ccccc2)c2ccccc2)n1. The fourth-order valence-corrected chi connectivity index (χ4v) is 5.52. The van der Waals surface area contributed by atoms with E-state index in [1.807, 2.05) is 91.0 Å². The highest BCUT2D eigenvalue weighted by Gasteiger charge is 2.51. The van der Waals surface area contributed by atoms with Gasteiger partial charge in [0.15, 0.2) is 10.7 Å². The number of carbonyl (C=O) groups excluding carboxylic acids is 1. The minimum Gasteiger partial charge on any atom is -0.480 e. The zero-order valence-electron chi connectivity index (χ0n) is 23.2. The van der Waals surface area contributed by atoms with Crippen LogP contribution < -0.4 is 10.6 Å². The molecule has 4 rings (SSSR count). The summed E-state index contributed by atoms with van der Waals surface area (Å²) in [5.41, 5.74) is -2.68. The van der Waals surface area contributed by atoms with Crippen molar-refractivity contribution < 1.29 is 34.1 Å². The normalized spacial score (nSPS) is 13.1. The van der Waals surface area contributed by atoms with Gasteiger partial charge in [-0.05, 0) is 30.5 Å². The molecular formula is C31H31N3O7S. The van der Waals surface area contributed by atoms with Crippen molar-refractivity contribution >= 4 is 34.4 Å². The smallest absolute Gasteiger partial charge is 0.358 e. The molecule has 0 spiro atoms. The Kier molecular flexibility index (Phi) is 9.05. The lowest BCUT2D eigenvalue weighted by Gasteiger charge is -2.37. The van der Waals surface area contributed by atoms with Crippen molar-refractivity contribution in [1.82, 2.24) is 10.3 Å². The number of thiazole rings is 1. The zero-order valence-corrected chi connectivity index (χ0v) is 24.1. The summed E-state index contributed by atoms with van der Waals surface area (Å²) >= 11 is 1.11. The number of anilines is 1. The average Bonchev–Trinajstić information content (AvgIpc) is 3.47. The van der Waals surface area contributed by atoms with Crippen molar-refractivity contribution in [3.05, 3.63) is 119 Å². The van der Waals surface area contributed by atoms with E-state index in [2.05, 4.69) is 15.6 Å². The van der Waals surface area contributed by atoms with Gasteiger partial charge in [-0.1, -0.05) is 91.0 Å². The van der Waals surface area contributed by atoms with Gasteiger partial charge in [-0.3, -0.25) is 10.1 Å². The molecule has 4 aromatic rings. The van der Waals surface area contributed by atoms with Crippen molar-refractivity contribution in [2.45, 2.75) is 30.7 Å². The summed E-state index contributed by atoms with van der Waals surface area (Å²) < 4.78 is 10.6. The van der Waals surface area contributed by atoms with Crippen LogP contribution in [0, 0.1) is 0 Å². The molecule has 1 atom stereocenters. The molecule has 0 aliphatic rings. The molecule has 0 amide bonds. The fraction of sp³-hybridized carbons (Fsp3) is 0.226. The topological polar surface area (TPSA) is 147 Å². The molecule has 0 fully saturated rings. The summed E-state index contributed by atoms with van der Waals surface area (Å²) in [6.45, 7) is 1.87. The van der Waals surface area contributed by atoms with E-state index in [0.717, 1.165) is 35.1 Å². The lowest BCUT2D eigenvalue weighted by atomic mass is 9.77. The minimum atomic E-state index is -2.50. The van der Waals surface area contributed by atoms with E-state index < -0.39 is 41.3 Å². The second-order valence-electron chi connectivity index (χ2n) is 9.85. The molecule has 0 saturated carbocycles. The molecule has 0 aliphatic heterocycles. The number of methoxy groups -OCH3 is 1. The van der Waals surface area contributed by atoms with Gasteiger partial charge in [-0.2, -0.15) is 0 Å². The van der Waals surface area contributed by atoms with E-state index in [9.17, 15) is 24.6 Å². The maximum absolute atomic E-state index is 12.8. The number of nitrogens with one attached hydrogen (secondary N) is 2. The van der Waals surface area contributed by atoms with Crippen molar-refractivity contribution in [2.75, 3.05) is 19.0 Å². The minimum absolute atomic E-state index is 0.149. The van der Waals surface area contributed by atoms with Crippen LogP contribution in [0.1, 0.15) is 36.2 Å². The van der Waals surface area contributed by atoms with Crippen LogP contribution in [0.4, 0.5) is 5.13 Å². The maximum Gasteiger partial charge on any atom is 0.358 e. The highest BCUT2D eigenvalue weighted by Crippen LogP contribution is 2.41. The third kappa shape index (κ3) is 6.03. The van der Waals surface area contributed by atoms with Crippen LogP contribution >= 0.6 is 11.3 Å². The first-order chi connectivity index (χ1) is 20.0. The third-order valence-corrected chi connectivity index (χ3v) is 7.41. The standard InChI is InChI=1S/C31H31N3O7S/c1-29(2,27(39)40-3)41-31(26(37)38,32-19-25(35)36)24-20-42-28(33-24)34-30(21-13-7-4-8-14-21,22-15-9-5-10-16-22)23-17-11-6-12-18-23/h4-18,20,32H,19H2,1-3H3,(H,33,34)(H,35,36)(H,37,38). The molecule has 0 aliphatic carbocycles. The van der Waals surface area contributed by atoms with Gasteiger partial charge in [0.2, 0.25) is 0 Å². The van der Waals surface area contributed by atoms with E-state index in [1.54, 1.807) is 0 Å². The molecule has 1 heterocycles. The Morgan fingerprint density at radius 3 is 1.71 bits per heavy atom. The number of aromatic nitrogens is 1. The second-order valence-corrected chi connectivity index (χ2v) is 10.7. The quantitative estimate of drug-likeness (QED) is 0.100. The Balaban J connectivity index is 1.89. The van der Waals surface area contributed by atoms with E-state index in [-0.39, 0.29) is 5.69 Å². The van der Waals surface area contributed by atoms with Gasteiger partial charge in [-0.15, -0.1) is 11.3 Å². The van der Waals surface area contributed by atoms with Gasteiger partial charge in [0.05, 0.1) is 13.7 Å². The predicted octanol–water partition coefficient (Wildman–Crippen LogP) is 4.43. The van der Waals surface area contributed by atoms with Crippen LogP contribution in [0.3, 0.4) is 0 Å². The molecule has 0 bridgehead atoms. The molecule has 1 unspecified atom stereocenters. The molecule has 4 N–H and O–H groups in total. The van der Waals surface area contributed by atoms with Crippen LogP contribution in [0.25, 0.3) is 0 Å². The number of aliphatic carboxylic acids is 2. The molecule has 218 valence electrons. The van der Waals surface area contributed by atoms with Crippen molar-refractivity contribution in [1.29, 1.82) is 0 Å². The summed E-state index contributed by atoms with van der Waals surface area (Å²) in [7, 11) is 1.14. The maximum atomic E-state index is 12.8. The Labute approximate surface area is 247 Å². The predicted molar refractivity (Wildman–Crippen MR) is 157 cm³/mol. The molecule has 42 heavy (non-hydrogen) atoms. The largest absolute Gasteiger partial charge is 0.480 e. The summed E-state index contributed by atoms with van der Waals surface area (Å²) in [4.78, 5) is 41.3. The van der Waals surface area contributed by atoms with Gasteiger partial charge in [0, 0.05) is 5.38 Å². The Bertz CT molecular complexity index is 1430. The number of benzene rings is 3. The van der Waals surface area contributed by atoms with Crippen molar-refractivity contribution in [3.63, 3.8) is 0 Å². The summed E-state index contributed by atoms with van der Waals surface area (Å²) in [6.07, 6.45) is 0. The fourth-order valence-electron chi connectivity index (χ4n) is 4.71. The van der Waals surface area contributed by atoms with E-state index in [4.69, 9.17) is 9.47 Å². The number of hydrogen-bond donors (Lipinski definition) is 4. The molecule has 10 nitrogen and oxygen atoms in total. The van der Waals surface area contributed by atoms with Gasteiger partial charge >= 0.3 is 17.9 Å². The molecule has 1 aromatic heterocycles. The highest BCUT2D eigenvalue weighted by atomic mass is 32.1. The van der Waals surface area contributed by atoms with Crippen LogP contribution in [0.15, 0.2) is 96.4 Å². The number of ether oxygens (including phenoxy) is 2. The number of nitrogens with zero attached hydrogens (tertiary/aromatic N) is 1. The number of hydrogen-bond acceptors (Lipinski definition) is 9. The van der Waals surface area contributed by atoms with Crippen molar-refractivity contribution in [3.8, 4) is 0 Å². The summed E-state index contributed by atoms with van der Waals surface area (Å²) in [6, 6.07) is 29.2. The first-order valence-corrected chi connectivity index (χ1v) is 13.8. The Morgan fingerprint density at radius 1 is 0.833 bits per heavy atom. The number of carboxylic acids is 2. The van der Waals surface area contributed by atoms with Gasteiger partial charge in [0.1, 0.15) is 11.2 Å². The number of carbonyl (C=O) groups is 3.